The van der Waals surface area contributed by atoms with Crippen molar-refractivity contribution in [3.63, 3.8) is 0 Å². The highest BCUT2D eigenvalue weighted by Gasteiger charge is 2.70. The molecule has 1 amide bonds. The highest BCUT2D eigenvalue weighted by Crippen LogP contribution is 2.67. The molecule has 3 nitrogen and oxygen atoms in total. The molecule has 0 spiro atoms. The van der Waals surface area contributed by atoms with Crippen molar-refractivity contribution in [1.82, 2.24) is 10.2 Å². The minimum Gasteiger partial charge on any atom is -0.318 e. The van der Waals surface area contributed by atoms with Crippen molar-refractivity contribution in [2.45, 2.75) is 24.4 Å². The molecular formula is C23H24N2O. The Morgan fingerprint density at radius 2 is 1.69 bits per heavy atom. The number of carbonyl (C=O) groups excluding carboxylic acids is 1. The number of nitrogens with zero attached hydrogens (tertiary/aromatic N) is 1. The lowest BCUT2D eigenvalue weighted by molar-refractivity contribution is -0.134. The van der Waals surface area contributed by atoms with Crippen molar-refractivity contribution in [3.8, 4) is 0 Å². The van der Waals surface area contributed by atoms with Crippen LogP contribution in [0.3, 0.4) is 0 Å². The van der Waals surface area contributed by atoms with Gasteiger partial charge in [-0.25, -0.2) is 0 Å². The van der Waals surface area contributed by atoms with Crippen LogP contribution in [0.4, 0.5) is 0 Å². The number of amides is 1. The summed E-state index contributed by atoms with van der Waals surface area (Å²) in [6.07, 6.45) is 2.44. The lowest BCUT2D eigenvalue weighted by atomic mass is 9.68. The van der Waals surface area contributed by atoms with Crippen LogP contribution >= 0.6 is 0 Å². The van der Waals surface area contributed by atoms with Crippen molar-refractivity contribution in [1.29, 1.82) is 0 Å². The van der Waals surface area contributed by atoms with Gasteiger partial charge in [0, 0.05) is 24.9 Å². The fraction of sp³-hybridized carbons (Fsp3) is 0.435. The number of hydrogen-bond acceptors (Lipinski definition) is 2. The second kappa shape index (κ2) is 5.20. The monoisotopic (exact) mass is 344 g/mol. The molecule has 2 bridgehead atoms. The molecule has 2 saturated carbocycles. The summed E-state index contributed by atoms with van der Waals surface area (Å²) in [5.74, 6) is 2.70. The Labute approximate surface area is 154 Å². The van der Waals surface area contributed by atoms with E-state index in [0.29, 0.717) is 29.6 Å². The van der Waals surface area contributed by atoms with E-state index in [9.17, 15) is 4.79 Å². The Morgan fingerprint density at radius 3 is 2.46 bits per heavy atom. The number of rotatable bonds is 2. The van der Waals surface area contributed by atoms with Crippen molar-refractivity contribution in [3.05, 3.63) is 71.8 Å². The summed E-state index contributed by atoms with van der Waals surface area (Å²) in [6.45, 7) is 1.75. The largest absolute Gasteiger partial charge is 0.318 e. The number of nitrogens with one attached hydrogen (secondary N) is 1. The maximum Gasteiger partial charge on any atom is 0.228 e. The van der Waals surface area contributed by atoms with E-state index in [1.165, 1.54) is 24.0 Å². The maximum absolute atomic E-state index is 13.5. The van der Waals surface area contributed by atoms with E-state index in [4.69, 9.17) is 0 Å². The van der Waals surface area contributed by atoms with Gasteiger partial charge in [-0.1, -0.05) is 60.7 Å². The van der Waals surface area contributed by atoms with E-state index < -0.39 is 0 Å². The summed E-state index contributed by atoms with van der Waals surface area (Å²) < 4.78 is 0. The van der Waals surface area contributed by atoms with Crippen LogP contribution in [0.2, 0.25) is 0 Å². The molecule has 4 aliphatic rings. The van der Waals surface area contributed by atoms with Gasteiger partial charge in [-0.2, -0.15) is 0 Å². The summed E-state index contributed by atoms with van der Waals surface area (Å²) in [4.78, 5) is 15.7. The zero-order valence-electron chi connectivity index (χ0n) is 14.8. The van der Waals surface area contributed by atoms with Crippen LogP contribution in [0.25, 0.3) is 0 Å². The van der Waals surface area contributed by atoms with Crippen LogP contribution in [0, 0.1) is 23.7 Å². The summed E-state index contributed by atoms with van der Waals surface area (Å²) >= 11 is 0. The number of hydrogen-bond donors (Lipinski definition) is 1. The molecule has 0 aromatic heterocycles. The van der Waals surface area contributed by atoms with E-state index in [-0.39, 0.29) is 11.6 Å². The molecule has 2 aliphatic carbocycles. The van der Waals surface area contributed by atoms with Crippen molar-refractivity contribution < 1.29 is 4.79 Å². The Hall–Kier alpha value is -2.13. The topological polar surface area (TPSA) is 32.3 Å². The van der Waals surface area contributed by atoms with Crippen LogP contribution < -0.4 is 5.32 Å². The van der Waals surface area contributed by atoms with Gasteiger partial charge in [0.15, 0.2) is 0 Å². The maximum atomic E-state index is 13.5. The second-order valence-corrected chi connectivity index (χ2v) is 8.51. The average Bonchev–Trinajstić information content (AvgIpc) is 3.44. The van der Waals surface area contributed by atoms with E-state index in [2.05, 4.69) is 70.9 Å². The fourth-order valence-electron chi connectivity index (χ4n) is 6.92. The van der Waals surface area contributed by atoms with E-state index in [1.54, 1.807) is 0 Å². The van der Waals surface area contributed by atoms with Gasteiger partial charge in [-0.15, -0.1) is 0 Å². The number of benzene rings is 2. The van der Waals surface area contributed by atoms with Crippen LogP contribution in [-0.4, -0.2) is 23.9 Å². The number of carbonyl (C=O) groups is 1. The first-order valence-electron chi connectivity index (χ1n) is 9.97. The third-order valence-electron chi connectivity index (χ3n) is 7.64. The predicted molar refractivity (Wildman–Crippen MR) is 100 cm³/mol. The van der Waals surface area contributed by atoms with Gasteiger partial charge in [0.25, 0.3) is 0 Å². The first kappa shape index (κ1) is 15.0. The zero-order chi connectivity index (χ0) is 17.3. The summed E-state index contributed by atoms with van der Waals surface area (Å²) in [5, 5.41) is 3.79. The Kier molecular flexibility index (Phi) is 3.00. The SMILES string of the molecule is O=C1[C@@H]2[C@@H]3C[C@@H](C[C@H]3c3ccccc3)[C@@H]2[C@@]2(c3ccccc3)NCCN12. The van der Waals surface area contributed by atoms with Gasteiger partial charge in [0.05, 0.1) is 0 Å². The molecule has 2 aromatic carbocycles. The minimum atomic E-state index is -0.260. The molecule has 26 heavy (non-hydrogen) atoms. The lowest BCUT2D eigenvalue weighted by Crippen LogP contribution is -2.51. The quantitative estimate of drug-likeness (QED) is 0.906. The number of fused-ring (bicyclic) bond motifs is 7. The molecule has 132 valence electrons. The third kappa shape index (κ3) is 1.70. The van der Waals surface area contributed by atoms with Crippen LogP contribution in [0.1, 0.15) is 29.9 Å². The van der Waals surface area contributed by atoms with E-state index in [1.807, 2.05) is 0 Å². The molecular weight excluding hydrogens is 320 g/mol. The molecule has 2 aromatic rings. The third-order valence-corrected chi connectivity index (χ3v) is 7.64. The Balaban J connectivity index is 1.44. The zero-order valence-corrected chi connectivity index (χ0v) is 14.8. The van der Waals surface area contributed by atoms with Gasteiger partial charge >= 0.3 is 0 Å². The van der Waals surface area contributed by atoms with Crippen LogP contribution in [0.5, 0.6) is 0 Å². The van der Waals surface area contributed by atoms with Gasteiger partial charge in [0.2, 0.25) is 5.91 Å². The molecule has 3 heteroatoms. The summed E-state index contributed by atoms with van der Waals surface area (Å²) in [6, 6.07) is 21.6. The molecule has 6 rings (SSSR count). The van der Waals surface area contributed by atoms with Gasteiger partial charge < -0.3 is 4.90 Å². The fourth-order valence-corrected chi connectivity index (χ4v) is 6.92. The molecule has 4 fully saturated rings. The minimum absolute atomic E-state index is 0.187. The average molecular weight is 344 g/mol. The molecule has 2 saturated heterocycles. The Morgan fingerprint density at radius 1 is 0.962 bits per heavy atom. The smallest absolute Gasteiger partial charge is 0.228 e. The highest BCUT2D eigenvalue weighted by atomic mass is 16.2. The molecule has 6 atom stereocenters. The molecule has 1 N–H and O–H groups in total. The summed E-state index contributed by atoms with van der Waals surface area (Å²) in [7, 11) is 0. The first-order chi connectivity index (χ1) is 12.8. The second-order valence-electron chi connectivity index (χ2n) is 8.51. The molecule has 0 unspecified atom stereocenters. The van der Waals surface area contributed by atoms with E-state index in [0.717, 1.165) is 13.1 Å². The Bertz CT molecular complexity index is 851. The standard InChI is InChI=1S/C23H24N2O/c26-22-20-19-14-16(13-18(19)15-7-3-1-4-8-15)21(20)23(24-11-12-25(22)23)17-9-5-2-6-10-17/h1-10,16,18-21,24H,11-14H2/t16-,18+,19-,20-,21+,23+/m1/s1. The van der Waals surface area contributed by atoms with E-state index >= 15 is 0 Å². The van der Waals surface area contributed by atoms with Crippen LogP contribution in [0.15, 0.2) is 60.7 Å². The summed E-state index contributed by atoms with van der Waals surface area (Å²) in [5.41, 5.74) is 2.45. The predicted octanol–water partition coefficient (Wildman–Crippen LogP) is 3.34. The van der Waals surface area contributed by atoms with Gasteiger partial charge in [-0.05, 0) is 41.7 Å². The lowest BCUT2D eigenvalue weighted by Gasteiger charge is -2.41. The molecule has 0 radical (unpaired) electrons. The normalized spacial score (nSPS) is 40.1. The van der Waals surface area contributed by atoms with Crippen molar-refractivity contribution in [2.24, 2.45) is 23.7 Å². The molecule has 2 heterocycles. The van der Waals surface area contributed by atoms with Gasteiger partial charge in [-0.3, -0.25) is 10.1 Å². The highest BCUT2D eigenvalue weighted by molar-refractivity contribution is 5.85. The first-order valence-corrected chi connectivity index (χ1v) is 9.97. The van der Waals surface area contributed by atoms with Crippen LogP contribution in [-0.2, 0) is 10.5 Å². The molecule has 2 aliphatic heterocycles. The van der Waals surface area contributed by atoms with Gasteiger partial charge in [0.1, 0.15) is 5.66 Å². The van der Waals surface area contributed by atoms with Crippen molar-refractivity contribution >= 4 is 5.91 Å². The van der Waals surface area contributed by atoms with Crippen molar-refractivity contribution in [2.75, 3.05) is 13.1 Å².